The topological polar surface area (TPSA) is 108 Å². The van der Waals surface area contributed by atoms with E-state index in [2.05, 4.69) is 4.99 Å². The van der Waals surface area contributed by atoms with Crippen LogP contribution in [0.5, 0.6) is 17.2 Å². The van der Waals surface area contributed by atoms with Crippen molar-refractivity contribution in [2.45, 2.75) is 24.5 Å². The number of aliphatic imine (C=N–C) groups is 1. The van der Waals surface area contributed by atoms with E-state index in [-0.39, 0.29) is 23.8 Å². The lowest BCUT2D eigenvalue weighted by Gasteiger charge is -2.37. The molecule has 1 aliphatic carbocycles. The summed E-state index contributed by atoms with van der Waals surface area (Å²) in [5.74, 6) is -1.60. The molecule has 1 aliphatic heterocycles. The van der Waals surface area contributed by atoms with E-state index < -0.39 is 5.79 Å². The Morgan fingerprint density at radius 1 is 1.25 bits per heavy atom. The molecule has 2 aliphatic rings. The van der Waals surface area contributed by atoms with E-state index in [0.717, 1.165) is 16.7 Å². The zero-order valence-corrected chi connectivity index (χ0v) is 13.2. The van der Waals surface area contributed by atoms with E-state index in [0.29, 0.717) is 23.4 Å². The molecule has 0 spiro atoms. The number of hydrogen-bond donors (Lipinski definition) is 4. The van der Waals surface area contributed by atoms with Crippen LogP contribution in [0.25, 0.3) is 0 Å². The van der Waals surface area contributed by atoms with Crippen molar-refractivity contribution in [3.8, 4) is 17.2 Å². The standard InChI is InChI=1S/C18H18N2O4/c1-20-8-12-14(19)3-2-9-4-13-11-6-16(22)15(21)5-10(11)7-18(13,23)24-17(9)12/h2-3,5-6,8,13,21-23H,4,7,19H2,1H3/t13?,18-/m0/s1. The minimum Gasteiger partial charge on any atom is -0.504 e. The number of phenols is 2. The third kappa shape index (κ3) is 1.96. The summed E-state index contributed by atoms with van der Waals surface area (Å²) in [4.78, 5) is 4.01. The van der Waals surface area contributed by atoms with Crippen molar-refractivity contribution in [2.75, 3.05) is 12.8 Å². The Kier molecular flexibility index (Phi) is 3.02. The summed E-state index contributed by atoms with van der Waals surface area (Å²) in [6.07, 6.45) is 2.41. The SMILES string of the molecule is CN=Cc1c(N)ccc2c1O[C@@]1(O)Cc3cc(O)c(O)cc3C1C2. The molecule has 0 amide bonds. The van der Waals surface area contributed by atoms with Gasteiger partial charge in [-0.1, -0.05) is 6.07 Å². The molecule has 24 heavy (non-hydrogen) atoms. The Morgan fingerprint density at radius 3 is 2.75 bits per heavy atom. The van der Waals surface area contributed by atoms with Gasteiger partial charge in [-0.15, -0.1) is 0 Å². The molecule has 0 aromatic heterocycles. The van der Waals surface area contributed by atoms with Gasteiger partial charge in [-0.25, -0.2) is 0 Å². The summed E-state index contributed by atoms with van der Waals surface area (Å²) < 4.78 is 5.99. The van der Waals surface area contributed by atoms with Crippen molar-refractivity contribution in [1.29, 1.82) is 0 Å². The molecule has 0 fully saturated rings. The van der Waals surface area contributed by atoms with Crippen molar-refractivity contribution in [1.82, 2.24) is 0 Å². The normalized spacial score (nSPS) is 24.3. The van der Waals surface area contributed by atoms with Crippen molar-refractivity contribution in [3.05, 3.63) is 46.5 Å². The van der Waals surface area contributed by atoms with Crippen molar-refractivity contribution in [2.24, 2.45) is 4.99 Å². The van der Waals surface area contributed by atoms with Crippen molar-refractivity contribution < 1.29 is 20.1 Å². The minimum absolute atomic E-state index is 0.195. The quantitative estimate of drug-likeness (QED) is 0.362. The molecule has 5 N–H and O–H groups in total. The number of aliphatic hydroxyl groups is 1. The number of anilines is 1. The van der Waals surface area contributed by atoms with Crippen LogP contribution < -0.4 is 10.5 Å². The fourth-order valence-corrected chi connectivity index (χ4v) is 3.73. The second-order valence-corrected chi connectivity index (χ2v) is 6.36. The molecule has 0 saturated heterocycles. The Hall–Kier alpha value is -2.73. The predicted octanol–water partition coefficient (Wildman–Crippen LogP) is 1.69. The summed E-state index contributed by atoms with van der Waals surface area (Å²) in [5.41, 5.74) is 9.69. The molecular formula is C18H18N2O4. The highest BCUT2D eigenvalue weighted by Crippen LogP contribution is 2.51. The van der Waals surface area contributed by atoms with Gasteiger partial charge in [-0.3, -0.25) is 4.99 Å². The van der Waals surface area contributed by atoms with E-state index in [1.165, 1.54) is 12.1 Å². The van der Waals surface area contributed by atoms with Gasteiger partial charge < -0.3 is 25.8 Å². The first kappa shape index (κ1) is 14.8. The van der Waals surface area contributed by atoms with Crippen molar-refractivity contribution in [3.63, 3.8) is 0 Å². The number of benzene rings is 2. The number of hydrogen-bond acceptors (Lipinski definition) is 6. The molecule has 1 unspecified atom stereocenters. The molecule has 2 aromatic rings. The summed E-state index contributed by atoms with van der Waals surface area (Å²) in [5, 5.41) is 30.6. The second-order valence-electron chi connectivity index (χ2n) is 6.36. The third-order valence-corrected chi connectivity index (χ3v) is 4.87. The van der Waals surface area contributed by atoms with Gasteiger partial charge in [-0.05, 0) is 41.3 Å². The van der Waals surface area contributed by atoms with Gasteiger partial charge in [-0.2, -0.15) is 0 Å². The average Bonchev–Trinajstić information content (AvgIpc) is 2.80. The number of fused-ring (bicyclic) bond motifs is 4. The summed E-state index contributed by atoms with van der Waals surface area (Å²) in [7, 11) is 1.65. The van der Waals surface area contributed by atoms with Crippen LogP contribution in [0.2, 0.25) is 0 Å². The number of nitrogens with two attached hydrogens (primary N) is 1. The van der Waals surface area contributed by atoms with Gasteiger partial charge in [0.25, 0.3) is 0 Å². The largest absolute Gasteiger partial charge is 0.504 e. The zero-order valence-electron chi connectivity index (χ0n) is 13.2. The second kappa shape index (κ2) is 4.88. The van der Waals surface area contributed by atoms with E-state index in [1.54, 1.807) is 19.3 Å². The molecule has 124 valence electrons. The first-order valence-corrected chi connectivity index (χ1v) is 7.72. The highest BCUT2D eigenvalue weighted by molar-refractivity contribution is 5.91. The molecule has 0 bridgehead atoms. The molecule has 4 rings (SSSR count). The van der Waals surface area contributed by atoms with Crippen LogP contribution in [-0.2, 0) is 12.8 Å². The number of ether oxygens (including phenoxy) is 1. The predicted molar refractivity (Wildman–Crippen MR) is 89.9 cm³/mol. The maximum Gasteiger partial charge on any atom is 0.219 e. The fraction of sp³-hybridized carbons (Fsp3) is 0.278. The van der Waals surface area contributed by atoms with E-state index >= 15 is 0 Å². The van der Waals surface area contributed by atoms with Crippen LogP contribution in [0.3, 0.4) is 0 Å². The molecule has 6 nitrogen and oxygen atoms in total. The average molecular weight is 326 g/mol. The third-order valence-electron chi connectivity index (χ3n) is 4.87. The maximum absolute atomic E-state index is 11.1. The van der Waals surface area contributed by atoms with Gasteiger partial charge in [0.05, 0.1) is 11.5 Å². The molecule has 6 heteroatoms. The molecule has 1 heterocycles. The maximum atomic E-state index is 11.1. The zero-order chi connectivity index (χ0) is 17.1. The fourth-order valence-electron chi connectivity index (χ4n) is 3.73. The van der Waals surface area contributed by atoms with Crippen LogP contribution in [0.15, 0.2) is 29.3 Å². The Bertz CT molecular complexity index is 878. The van der Waals surface area contributed by atoms with Crippen LogP contribution in [0.1, 0.15) is 28.2 Å². The first-order valence-electron chi connectivity index (χ1n) is 7.72. The molecule has 2 atom stereocenters. The number of aromatic hydroxyl groups is 2. The number of nitrogen functional groups attached to an aromatic ring is 1. The smallest absolute Gasteiger partial charge is 0.219 e. The van der Waals surface area contributed by atoms with Crippen LogP contribution >= 0.6 is 0 Å². The number of phenolic OH excluding ortho intramolecular Hbond substituents is 2. The van der Waals surface area contributed by atoms with E-state index in [4.69, 9.17) is 10.5 Å². The monoisotopic (exact) mass is 326 g/mol. The Labute approximate surface area is 138 Å². The highest BCUT2D eigenvalue weighted by Gasteiger charge is 2.50. The lowest BCUT2D eigenvalue weighted by Crippen LogP contribution is -2.44. The summed E-state index contributed by atoms with van der Waals surface area (Å²) >= 11 is 0. The number of rotatable bonds is 1. The highest BCUT2D eigenvalue weighted by atomic mass is 16.6. The molecular weight excluding hydrogens is 308 g/mol. The van der Waals surface area contributed by atoms with E-state index in [1.807, 2.05) is 6.07 Å². The van der Waals surface area contributed by atoms with Crippen LogP contribution in [-0.4, -0.2) is 34.4 Å². The summed E-state index contributed by atoms with van der Waals surface area (Å²) in [6.45, 7) is 0. The van der Waals surface area contributed by atoms with Gasteiger partial charge in [0, 0.05) is 25.4 Å². The molecule has 0 radical (unpaired) electrons. The minimum atomic E-state index is -1.43. The van der Waals surface area contributed by atoms with Crippen LogP contribution in [0.4, 0.5) is 5.69 Å². The van der Waals surface area contributed by atoms with Gasteiger partial charge in [0.15, 0.2) is 11.5 Å². The van der Waals surface area contributed by atoms with Gasteiger partial charge in [0.2, 0.25) is 5.79 Å². The lowest BCUT2D eigenvalue weighted by atomic mass is 9.86. The molecule has 2 aromatic carbocycles. The van der Waals surface area contributed by atoms with Gasteiger partial charge >= 0.3 is 0 Å². The van der Waals surface area contributed by atoms with Crippen molar-refractivity contribution >= 4 is 11.9 Å². The van der Waals surface area contributed by atoms with E-state index in [9.17, 15) is 15.3 Å². The Morgan fingerprint density at radius 2 is 2.00 bits per heavy atom. The number of nitrogens with zero attached hydrogens (tertiary/aromatic N) is 1. The Balaban J connectivity index is 1.85. The molecule has 0 saturated carbocycles. The van der Waals surface area contributed by atoms with Gasteiger partial charge in [0.1, 0.15) is 5.75 Å². The van der Waals surface area contributed by atoms with Crippen LogP contribution in [0, 0.1) is 0 Å². The lowest BCUT2D eigenvalue weighted by molar-refractivity contribution is -0.155. The summed E-state index contributed by atoms with van der Waals surface area (Å²) in [6, 6.07) is 6.67. The first-order chi connectivity index (χ1) is 11.4.